The van der Waals surface area contributed by atoms with Gasteiger partial charge in [-0.25, -0.2) is 0 Å². The van der Waals surface area contributed by atoms with E-state index < -0.39 is 0 Å². The maximum Gasteiger partial charge on any atom is 0.168 e. The first-order chi connectivity index (χ1) is 8.20. The monoisotopic (exact) mass is 243 g/mol. The van der Waals surface area contributed by atoms with Gasteiger partial charge in [0.15, 0.2) is 5.79 Å². The first-order valence-electron chi connectivity index (χ1n) is 6.83. The average Bonchev–Trinajstić information content (AvgIpc) is 2.75. The van der Waals surface area contributed by atoms with Crippen molar-refractivity contribution in [3.05, 3.63) is 0 Å². The van der Waals surface area contributed by atoms with Gasteiger partial charge in [-0.2, -0.15) is 0 Å². The van der Waals surface area contributed by atoms with Gasteiger partial charge in [0.2, 0.25) is 0 Å². The minimum Gasteiger partial charge on any atom is -0.377 e. The molecule has 100 valence electrons. The van der Waals surface area contributed by atoms with Crippen LogP contribution in [0.2, 0.25) is 0 Å². The molecule has 1 N–H and O–H groups in total. The van der Waals surface area contributed by atoms with Crippen LogP contribution in [0.4, 0.5) is 0 Å². The summed E-state index contributed by atoms with van der Waals surface area (Å²) in [7, 11) is 0. The van der Waals surface area contributed by atoms with Crippen molar-refractivity contribution in [3.63, 3.8) is 0 Å². The van der Waals surface area contributed by atoms with Crippen LogP contribution in [0.1, 0.15) is 39.5 Å². The lowest BCUT2D eigenvalue weighted by Gasteiger charge is -2.35. The van der Waals surface area contributed by atoms with Crippen LogP contribution in [-0.4, -0.2) is 44.3 Å². The van der Waals surface area contributed by atoms with E-state index in [-0.39, 0.29) is 5.79 Å². The van der Waals surface area contributed by atoms with Crippen LogP contribution in [0.25, 0.3) is 0 Å². The number of rotatable bonds is 5. The molecule has 0 aromatic carbocycles. The Hall–Kier alpha value is -0.160. The van der Waals surface area contributed by atoms with E-state index >= 15 is 0 Å². The van der Waals surface area contributed by atoms with E-state index in [9.17, 15) is 0 Å². The summed E-state index contributed by atoms with van der Waals surface area (Å²) in [5, 5.41) is 3.55. The van der Waals surface area contributed by atoms with Gasteiger partial charge in [-0.05, 0) is 26.7 Å². The summed E-state index contributed by atoms with van der Waals surface area (Å²) in [6.45, 7) is 7.41. The fraction of sp³-hybridized carbons (Fsp3) is 1.00. The van der Waals surface area contributed by atoms with Crippen LogP contribution in [-0.2, 0) is 14.2 Å². The van der Waals surface area contributed by atoms with Crippen LogP contribution in [0, 0.1) is 0 Å². The summed E-state index contributed by atoms with van der Waals surface area (Å²) in [5.41, 5.74) is 0. The van der Waals surface area contributed by atoms with Gasteiger partial charge in [0, 0.05) is 25.4 Å². The average molecular weight is 243 g/mol. The summed E-state index contributed by atoms with van der Waals surface area (Å²) in [5.74, 6) is -0.230. The zero-order valence-electron chi connectivity index (χ0n) is 11.0. The molecule has 1 heterocycles. The second kappa shape index (κ2) is 6.14. The lowest BCUT2D eigenvalue weighted by Crippen LogP contribution is -2.42. The molecule has 0 aromatic rings. The molecule has 1 saturated carbocycles. The SMILES string of the molecule is CC(C)OCCNC1CCC2(CC1)OCCO2. The Morgan fingerprint density at radius 3 is 2.47 bits per heavy atom. The molecule has 0 unspecified atom stereocenters. The Kier molecular flexibility index (Phi) is 4.79. The smallest absolute Gasteiger partial charge is 0.168 e. The Morgan fingerprint density at radius 2 is 1.88 bits per heavy atom. The third-order valence-corrected chi connectivity index (χ3v) is 3.55. The minimum atomic E-state index is -0.230. The topological polar surface area (TPSA) is 39.7 Å². The maximum absolute atomic E-state index is 5.71. The second-order valence-corrected chi connectivity index (χ2v) is 5.26. The Labute approximate surface area is 104 Å². The number of hydrogen-bond donors (Lipinski definition) is 1. The molecule has 0 bridgehead atoms. The van der Waals surface area contributed by atoms with Crippen LogP contribution < -0.4 is 5.32 Å². The molecule has 4 heteroatoms. The molecule has 1 saturated heterocycles. The van der Waals surface area contributed by atoms with E-state index in [0.29, 0.717) is 12.1 Å². The quantitative estimate of drug-likeness (QED) is 0.746. The van der Waals surface area contributed by atoms with Crippen molar-refractivity contribution in [2.75, 3.05) is 26.4 Å². The molecule has 0 radical (unpaired) electrons. The Bertz CT molecular complexity index is 217. The summed E-state index contributed by atoms with van der Waals surface area (Å²) in [6.07, 6.45) is 4.65. The van der Waals surface area contributed by atoms with Crippen LogP contribution in [0.3, 0.4) is 0 Å². The second-order valence-electron chi connectivity index (χ2n) is 5.26. The summed E-state index contributed by atoms with van der Waals surface area (Å²) < 4.78 is 16.9. The molecule has 0 amide bonds. The van der Waals surface area contributed by atoms with Crippen molar-refractivity contribution in [3.8, 4) is 0 Å². The molecule has 1 spiro atoms. The maximum atomic E-state index is 5.71. The molecule has 1 aliphatic carbocycles. The standard InChI is InChI=1S/C13H25NO3/c1-11(2)15-8-7-14-12-3-5-13(6-4-12)16-9-10-17-13/h11-12,14H,3-10H2,1-2H3. The Balaban J connectivity index is 1.59. The molecule has 2 rings (SSSR count). The first-order valence-corrected chi connectivity index (χ1v) is 6.83. The van der Waals surface area contributed by atoms with Gasteiger partial charge in [-0.15, -0.1) is 0 Å². The number of nitrogens with one attached hydrogen (secondary N) is 1. The third-order valence-electron chi connectivity index (χ3n) is 3.55. The predicted molar refractivity (Wildman–Crippen MR) is 66.0 cm³/mol. The lowest BCUT2D eigenvalue weighted by atomic mass is 9.90. The summed E-state index contributed by atoms with van der Waals surface area (Å²) in [4.78, 5) is 0. The van der Waals surface area contributed by atoms with Crippen molar-refractivity contribution >= 4 is 0 Å². The predicted octanol–water partition coefficient (Wildman–Crippen LogP) is 1.69. The highest BCUT2D eigenvalue weighted by atomic mass is 16.7. The van der Waals surface area contributed by atoms with Crippen molar-refractivity contribution < 1.29 is 14.2 Å². The molecule has 0 aromatic heterocycles. The van der Waals surface area contributed by atoms with E-state index in [0.717, 1.165) is 52.0 Å². The summed E-state index contributed by atoms with van der Waals surface area (Å²) in [6, 6.07) is 0.601. The van der Waals surface area contributed by atoms with Crippen LogP contribution in [0.15, 0.2) is 0 Å². The van der Waals surface area contributed by atoms with Gasteiger partial charge in [-0.1, -0.05) is 0 Å². The van der Waals surface area contributed by atoms with Crippen molar-refractivity contribution in [2.45, 2.75) is 57.5 Å². The van der Waals surface area contributed by atoms with Gasteiger partial charge in [0.1, 0.15) is 0 Å². The molecule has 1 aliphatic heterocycles. The molecule has 0 atom stereocenters. The van der Waals surface area contributed by atoms with Gasteiger partial charge in [-0.3, -0.25) is 0 Å². The van der Waals surface area contributed by atoms with E-state index in [1.807, 2.05) is 0 Å². The van der Waals surface area contributed by atoms with Crippen molar-refractivity contribution in [1.82, 2.24) is 5.32 Å². The molecule has 2 fully saturated rings. The van der Waals surface area contributed by atoms with E-state index in [1.54, 1.807) is 0 Å². The first kappa shape index (κ1) is 13.3. The molecule has 17 heavy (non-hydrogen) atoms. The van der Waals surface area contributed by atoms with Crippen LogP contribution in [0.5, 0.6) is 0 Å². The molecular weight excluding hydrogens is 218 g/mol. The lowest BCUT2D eigenvalue weighted by molar-refractivity contribution is -0.179. The highest BCUT2D eigenvalue weighted by molar-refractivity contribution is 4.85. The van der Waals surface area contributed by atoms with E-state index in [4.69, 9.17) is 14.2 Å². The number of hydrogen-bond acceptors (Lipinski definition) is 4. The van der Waals surface area contributed by atoms with Crippen molar-refractivity contribution in [1.29, 1.82) is 0 Å². The largest absolute Gasteiger partial charge is 0.377 e. The third kappa shape index (κ3) is 3.91. The van der Waals surface area contributed by atoms with Gasteiger partial charge >= 0.3 is 0 Å². The van der Waals surface area contributed by atoms with Gasteiger partial charge in [0.05, 0.1) is 25.9 Å². The van der Waals surface area contributed by atoms with E-state index in [2.05, 4.69) is 19.2 Å². The molecular formula is C13H25NO3. The zero-order chi connectivity index (χ0) is 12.1. The van der Waals surface area contributed by atoms with E-state index in [1.165, 1.54) is 0 Å². The Morgan fingerprint density at radius 1 is 1.24 bits per heavy atom. The zero-order valence-corrected chi connectivity index (χ0v) is 11.0. The highest BCUT2D eigenvalue weighted by Crippen LogP contribution is 2.35. The minimum absolute atomic E-state index is 0.230. The van der Waals surface area contributed by atoms with Gasteiger partial charge in [0.25, 0.3) is 0 Å². The fourth-order valence-electron chi connectivity index (χ4n) is 2.61. The van der Waals surface area contributed by atoms with Crippen molar-refractivity contribution in [2.24, 2.45) is 0 Å². The van der Waals surface area contributed by atoms with Gasteiger partial charge < -0.3 is 19.5 Å². The van der Waals surface area contributed by atoms with Crippen LogP contribution >= 0.6 is 0 Å². The highest BCUT2D eigenvalue weighted by Gasteiger charge is 2.39. The fourth-order valence-corrected chi connectivity index (χ4v) is 2.61. The summed E-state index contributed by atoms with van der Waals surface area (Å²) >= 11 is 0. The molecule has 4 nitrogen and oxygen atoms in total. The molecule has 2 aliphatic rings. The normalized spacial score (nSPS) is 24.9. The number of ether oxygens (including phenoxy) is 3.